The molecule has 5 aliphatic heterocycles. The minimum atomic E-state index is -5.19. The van der Waals surface area contributed by atoms with Crippen LogP contribution in [0.5, 0.6) is 0 Å². The maximum atomic E-state index is 14.5. The molecular weight excluding hydrogens is 1100 g/mol. The van der Waals surface area contributed by atoms with E-state index in [0.717, 1.165) is 18.4 Å². The lowest BCUT2D eigenvalue weighted by molar-refractivity contribution is -0.389. The number of carbonyl (C=O) groups is 1. The molecule has 5 saturated heterocycles. The number of cyclic esters (lactones) is 1. The summed E-state index contributed by atoms with van der Waals surface area (Å²) in [6.07, 6.45) is -27.3. The van der Waals surface area contributed by atoms with Gasteiger partial charge in [-0.15, -0.1) is 0 Å². The van der Waals surface area contributed by atoms with Crippen LogP contribution in [0.3, 0.4) is 0 Å². The number of rotatable bonds is 17. The molecule has 0 bridgehead atoms. The quantitative estimate of drug-likeness (QED) is 0.0345. The molecule has 28 atom stereocenters. The Hall–Kier alpha value is -1.72. The second-order valence-corrected chi connectivity index (χ2v) is 27.1. The molecule has 9 aliphatic rings. The number of fused-ring (bicyclic) bond motifs is 4. The lowest BCUT2D eigenvalue weighted by Crippen LogP contribution is -2.68. The van der Waals surface area contributed by atoms with Gasteiger partial charge in [0.2, 0.25) is 0 Å². The monoisotopic (exact) mass is 1180 g/mol. The fraction of sp³-hybridized carbons (Fsp3) is 0.944. The van der Waals surface area contributed by atoms with Crippen molar-refractivity contribution >= 4 is 16.4 Å². The Bertz CT molecular complexity index is 2380. The van der Waals surface area contributed by atoms with Crippen LogP contribution in [0.15, 0.2) is 11.6 Å². The molecule has 0 aromatic rings. The molecule has 466 valence electrons. The number of hydrogen-bond donors (Lipinski definition) is 12. The van der Waals surface area contributed by atoms with Gasteiger partial charge in [0.15, 0.2) is 25.2 Å². The Morgan fingerprint density at radius 3 is 1.90 bits per heavy atom. The molecule has 8 fully saturated rings. The van der Waals surface area contributed by atoms with Crippen molar-refractivity contribution in [3.8, 4) is 0 Å². The average molecular weight is 1190 g/mol. The van der Waals surface area contributed by atoms with Crippen LogP contribution in [0.4, 0.5) is 0 Å². The first-order valence-corrected chi connectivity index (χ1v) is 29.9. The first-order valence-electron chi connectivity index (χ1n) is 28.5. The fourth-order valence-corrected chi connectivity index (χ4v) is 16.9. The lowest BCUT2D eigenvalue weighted by Gasteiger charge is -2.64. The SMILES string of the molecule is CO[C@@H]1[C@@H](O)[C@H](O[C@@H]2[C@@H](O)[C@H](O[C@H]3[C@H](O)[C@@H](O)[C@H](O[C@H]4[C@H](O[C@@H]5CC[C@]6(C)C7=C[C@H](O)[C@]89C(=O)O[C@@](C)(CCCC(C)C)[C@@]8(O)CC[C@@]9(C)[C@@H]7CC[C@H]6C5(C)C)OC[C@@H](OS(=O)(=O)O)[C@@H]4O)O[C@@H]3C)O[C@H](CO)[C@H]2O)O[C@H](CO)[C@H]1O. The van der Waals surface area contributed by atoms with E-state index in [1.165, 1.54) is 14.0 Å². The summed E-state index contributed by atoms with van der Waals surface area (Å²) in [5.74, 6) is -0.430. The molecule has 12 N–H and O–H groups in total. The van der Waals surface area contributed by atoms with Gasteiger partial charge in [0.25, 0.3) is 0 Å². The summed E-state index contributed by atoms with van der Waals surface area (Å²) in [6, 6.07) is 0. The van der Waals surface area contributed by atoms with Crippen LogP contribution in [-0.4, -0.2) is 242 Å². The number of aliphatic hydroxyl groups is 11. The Labute approximate surface area is 471 Å². The standard InChI is InChI=1S/C54H88O26S/c1-23(2)11-10-15-52(8)53(66)18-17-51(7)25-12-13-30-49(4,5)32(14-16-50(30,6)26(25)19-31(57)54(51,53)48(65)79-52)75-47-43(35(60)29(22-71-47)80-81(67,68)69)78-44-37(62)36(61)40(24(3)72-44)76-46-39(64)42(34(59)28(21-56)74-46)77-45-38(63)41(70-9)33(58)27(20-55)73-45/h19,23-25,27-47,55-64,66H,10-18,20-22H2,1-9H3,(H,67,68,69)/t24-,25-,27-,28-,29-,30+,31+,32-,33-,34-,35+,36-,37-,38-,39-,40-,41+,42+,43-,44+,45+,46+,47+,50-,51+,52+,53+,54-/m1/s1. The minimum Gasteiger partial charge on any atom is -0.456 e. The van der Waals surface area contributed by atoms with Crippen molar-refractivity contribution in [2.75, 3.05) is 26.9 Å². The normalized spacial score (nSPS) is 51.7. The van der Waals surface area contributed by atoms with Crippen LogP contribution in [-0.2, 0) is 66.7 Å². The molecule has 4 aliphatic carbocycles. The Morgan fingerprint density at radius 1 is 0.704 bits per heavy atom. The van der Waals surface area contributed by atoms with E-state index in [9.17, 15) is 73.9 Å². The maximum absolute atomic E-state index is 14.5. The number of allylic oxidation sites excluding steroid dienone is 1. The zero-order valence-electron chi connectivity index (χ0n) is 47.4. The van der Waals surface area contributed by atoms with Gasteiger partial charge in [-0.2, -0.15) is 8.42 Å². The third-order valence-electron chi connectivity index (χ3n) is 20.8. The number of hydrogen-bond acceptors (Lipinski definition) is 25. The van der Waals surface area contributed by atoms with Crippen molar-refractivity contribution in [1.82, 2.24) is 0 Å². The van der Waals surface area contributed by atoms with Crippen molar-refractivity contribution in [3.05, 3.63) is 11.6 Å². The molecule has 1 spiro atoms. The van der Waals surface area contributed by atoms with Crippen LogP contribution in [0.25, 0.3) is 0 Å². The molecule has 0 radical (unpaired) electrons. The first kappa shape index (κ1) is 63.8. The predicted molar refractivity (Wildman–Crippen MR) is 274 cm³/mol. The number of esters is 1. The van der Waals surface area contributed by atoms with Gasteiger partial charge in [-0.3, -0.25) is 9.35 Å². The van der Waals surface area contributed by atoms with Crippen molar-refractivity contribution in [2.24, 2.45) is 39.4 Å². The molecule has 26 nitrogen and oxygen atoms in total. The summed E-state index contributed by atoms with van der Waals surface area (Å²) in [5, 5.41) is 125. The molecule has 5 heterocycles. The van der Waals surface area contributed by atoms with Gasteiger partial charge in [-0.1, -0.05) is 59.6 Å². The van der Waals surface area contributed by atoms with Crippen LogP contribution in [0, 0.1) is 39.4 Å². The van der Waals surface area contributed by atoms with E-state index in [-0.39, 0.29) is 11.8 Å². The summed E-state index contributed by atoms with van der Waals surface area (Å²) in [4.78, 5) is 14.5. The summed E-state index contributed by atoms with van der Waals surface area (Å²) in [5.41, 5.74) is -5.44. The average Bonchev–Trinajstić information content (AvgIpc) is 1.90. The Kier molecular flexibility index (Phi) is 18.2. The van der Waals surface area contributed by atoms with Crippen LogP contribution < -0.4 is 0 Å². The van der Waals surface area contributed by atoms with Crippen molar-refractivity contribution in [3.63, 3.8) is 0 Å². The summed E-state index contributed by atoms with van der Waals surface area (Å²) < 4.78 is 97.9. The Balaban J connectivity index is 0.911. The largest absolute Gasteiger partial charge is 0.456 e. The van der Waals surface area contributed by atoms with Crippen LogP contribution in [0.2, 0.25) is 0 Å². The van der Waals surface area contributed by atoms with Crippen molar-refractivity contribution < 1.29 is 125 Å². The lowest BCUT2D eigenvalue weighted by atomic mass is 9.40. The van der Waals surface area contributed by atoms with Gasteiger partial charge in [0.1, 0.15) is 102 Å². The smallest absolute Gasteiger partial charge is 0.397 e. The zero-order chi connectivity index (χ0) is 59.5. The molecule has 9 rings (SSSR count). The molecule has 0 aromatic heterocycles. The Morgan fingerprint density at radius 2 is 1.30 bits per heavy atom. The zero-order valence-corrected chi connectivity index (χ0v) is 48.2. The predicted octanol–water partition coefficient (Wildman–Crippen LogP) is -1.40. The van der Waals surface area contributed by atoms with E-state index >= 15 is 0 Å². The number of ether oxygens (including phenoxy) is 10. The van der Waals surface area contributed by atoms with Crippen LogP contribution >= 0.6 is 0 Å². The second-order valence-electron chi connectivity index (χ2n) is 26.0. The molecule has 81 heavy (non-hydrogen) atoms. The highest BCUT2D eigenvalue weighted by Crippen LogP contribution is 2.77. The number of methoxy groups -OCH3 is 1. The molecule has 3 saturated carbocycles. The van der Waals surface area contributed by atoms with Gasteiger partial charge in [-0.05, 0) is 99.2 Å². The minimum absolute atomic E-state index is 0.111. The third-order valence-corrected chi connectivity index (χ3v) is 21.3. The fourth-order valence-electron chi connectivity index (χ4n) is 16.4. The van der Waals surface area contributed by atoms with E-state index in [1.807, 2.05) is 33.8 Å². The molecule has 0 aromatic carbocycles. The topological polar surface area (TPSA) is 396 Å². The van der Waals surface area contributed by atoms with Crippen molar-refractivity contribution in [2.45, 2.75) is 253 Å². The molecule has 0 amide bonds. The molecule has 27 heteroatoms. The highest BCUT2D eigenvalue weighted by Gasteiger charge is 2.85. The number of aliphatic hydroxyl groups excluding tert-OH is 10. The molecular formula is C54H88O26S. The first-order chi connectivity index (χ1) is 37.8. The van der Waals surface area contributed by atoms with E-state index in [2.05, 4.69) is 20.8 Å². The van der Waals surface area contributed by atoms with E-state index in [1.54, 1.807) is 0 Å². The van der Waals surface area contributed by atoms with Crippen LogP contribution in [0.1, 0.15) is 113 Å². The summed E-state index contributed by atoms with van der Waals surface area (Å²) >= 11 is 0. The van der Waals surface area contributed by atoms with Gasteiger partial charge in [-0.25, -0.2) is 4.18 Å². The summed E-state index contributed by atoms with van der Waals surface area (Å²) in [6.45, 7) is 13.5. The number of carbonyl (C=O) groups excluding carboxylic acids is 1. The maximum Gasteiger partial charge on any atom is 0.397 e. The van der Waals surface area contributed by atoms with E-state index in [4.69, 9.17) is 51.6 Å². The summed E-state index contributed by atoms with van der Waals surface area (Å²) in [7, 11) is -4.01. The van der Waals surface area contributed by atoms with Crippen molar-refractivity contribution in [1.29, 1.82) is 0 Å². The highest BCUT2D eigenvalue weighted by molar-refractivity contribution is 7.80. The van der Waals surface area contributed by atoms with Gasteiger partial charge < -0.3 is 104 Å². The highest BCUT2D eigenvalue weighted by atomic mass is 32.3. The second kappa shape index (κ2) is 23.1. The van der Waals surface area contributed by atoms with E-state index < -0.39 is 198 Å². The van der Waals surface area contributed by atoms with E-state index in [0.29, 0.717) is 50.9 Å². The van der Waals surface area contributed by atoms with Gasteiger partial charge in [0.05, 0.1) is 38.1 Å². The molecule has 0 unspecified atom stereocenters. The third kappa shape index (κ3) is 10.4. The van der Waals surface area contributed by atoms with Gasteiger partial charge >= 0.3 is 16.4 Å². The van der Waals surface area contributed by atoms with Gasteiger partial charge in [0, 0.05) is 7.11 Å².